The van der Waals surface area contributed by atoms with Gasteiger partial charge in [-0.05, 0) is 201 Å². The lowest BCUT2D eigenvalue weighted by molar-refractivity contribution is -0.137. The van der Waals surface area contributed by atoms with Gasteiger partial charge in [0.15, 0.2) is 45.2 Å². The molecule has 132 heavy (non-hydrogen) atoms. The summed E-state index contributed by atoms with van der Waals surface area (Å²) in [5.74, 6) is 0. The minimum Gasteiger partial charge on any atom is -0.468 e. The minimum absolute atomic E-state index is 0.0498. The van der Waals surface area contributed by atoms with Crippen LogP contribution in [0.15, 0.2) is 144 Å². The fraction of sp³-hybridized carbons (Fsp3) is 0.474. The minimum atomic E-state index is -4.47. The molecule has 0 unspecified atom stereocenters. The molecule has 0 saturated heterocycles. The highest BCUT2D eigenvalue weighted by Gasteiger charge is 2.33. The van der Waals surface area contributed by atoms with Crippen LogP contribution in [0.2, 0.25) is 10.0 Å². The molecule has 0 aliphatic heterocycles. The van der Waals surface area contributed by atoms with Gasteiger partial charge in [0.2, 0.25) is 0 Å². The number of pyridine rings is 8. The summed E-state index contributed by atoms with van der Waals surface area (Å²) in [4.78, 5) is 140. The summed E-state index contributed by atoms with van der Waals surface area (Å²) in [5.41, 5.74) is 13.7. The number of methoxy groups -OCH3 is 1. The Hall–Kier alpha value is -12.5. The number of H-pyrrole nitrogens is 7. The number of ether oxygens (including phenoxy) is 1. The van der Waals surface area contributed by atoms with Crippen LogP contribution >= 0.6 is 23.2 Å². The molecule has 0 aromatic carbocycles. The molecule has 710 valence electrons. The number of halogens is 5. The predicted octanol–water partition coefficient (Wildman–Crippen LogP) is 21.3. The van der Waals surface area contributed by atoms with E-state index in [1.54, 1.807) is 59.4 Å². The van der Waals surface area contributed by atoms with Crippen molar-refractivity contribution in [2.75, 3.05) is 7.11 Å². The van der Waals surface area contributed by atoms with Crippen LogP contribution in [0.1, 0.15) is 290 Å². The van der Waals surface area contributed by atoms with Gasteiger partial charge in [0.1, 0.15) is 0 Å². The van der Waals surface area contributed by atoms with Gasteiger partial charge in [0.25, 0.3) is 6.01 Å². The van der Waals surface area contributed by atoms with Gasteiger partial charge in [-0.1, -0.05) is 147 Å². The Morgan fingerprint density at radius 3 is 1.02 bits per heavy atom. The van der Waals surface area contributed by atoms with E-state index in [1.165, 1.54) is 10.8 Å². The van der Waals surface area contributed by atoms with Crippen LogP contribution in [0.3, 0.4) is 0 Å². The molecule has 0 bridgehead atoms. The average Bonchev–Trinajstić information content (AvgIpc) is 1.70. The van der Waals surface area contributed by atoms with Crippen LogP contribution in [0.5, 0.6) is 6.01 Å². The summed E-state index contributed by atoms with van der Waals surface area (Å²) < 4.78 is 57.6. The second kappa shape index (κ2) is 47.5. The quantitative estimate of drug-likeness (QED) is 0.0265. The lowest BCUT2D eigenvalue weighted by atomic mass is 10.1. The Morgan fingerprint density at radius 2 is 0.652 bits per heavy atom. The molecule has 37 heteroatoms. The maximum absolute atomic E-state index is 12.7. The van der Waals surface area contributed by atoms with E-state index < -0.39 is 17.4 Å². The zero-order chi connectivity index (χ0) is 96.7. The van der Waals surface area contributed by atoms with Crippen molar-refractivity contribution in [2.45, 2.75) is 289 Å². The van der Waals surface area contributed by atoms with E-state index in [4.69, 9.17) is 27.9 Å². The first-order chi connectivity index (χ1) is 63.3. The van der Waals surface area contributed by atoms with Gasteiger partial charge in [-0.3, -0.25) is 71.4 Å². The summed E-state index contributed by atoms with van der Waals surface area (Å²) in [6, 6.07) is 20.5. The van der Waals surface area contributed by atoms with E-state index in [0.29, 0.717) is 74.5 Å². The molecule has 16 aromatic heterocycles. The number of hydrogen-bond acceptors (Lipinski definition) is 17. The number of alkyl halides is 3. The fourth-order valence-corrected chi connectivity index (χ4v) is 17.0. The van der Waals surface area contributed by atoms with Crippen LogP contribution in [0.4, 0.5) is 13.2 Å². The Kier molecular flexibility index (Phi) is 37.2. The Balaban J connectivity index is 0.000000170. The van der Waals surface area contributed by atoms with Gasteiger partial charge in [-0.15, -0.1) is 0 Å². The first-order valence-corrected chi connectivity index (χ1v) is 46.5. The molecule has 0 fully saturated rings. The highest BCUT2D eigenvalue weighted by Crippen LogP contribution is 2.34. The number of nitrogens with one attached hydrogen (secondary N) is 7. The van der Waals surface area contributed by atoms with Crippen molar-refractivity contribution in [3.8, 4) is 6.01 Å². The largest absolute Gasteiger partial charge is 0.468 e. The first kappa shape index (κ1) is 103. The van der Waals surface area contributed by atoms with Crippen LogP contribution in [-0.4, -0.2) is 123 Å². The third kappa shape index (κ3) is 23.5. The maximum Gasteiger partial charge on any atom is 0.417 e. The lowest BCUT2D eigenvalue weighted by Gasteiger charge is -2.17. The van der Waals surface area contributed by atoms with Crippen LogP contribution < -0.4 is 44.6 Å². The third-order valence-corrected chi connectivity index (χ3v) is 24.6. The number of imidazole rings is 8. The fourth-order valence-electron chi connectivity index (χ4n) is 16.7. The van der Waals surface area contributed by atoms with Gasteiger partial charge in [-0.2, -0.15) is 18.2 Å². The first-order valence-electron chi connectivity index (χ1n) is 45.8. The smallest absolute Gasteiger partial charge is 0.417 e. The topological polar surface area (TPSA) is 395 Å². The third-order valence-electron chi connectivity index (χ3n) is 24.2. The van der Waals surface area contributed by atoms with Crippen LogP contribution in [-0.2, 0) is 6.18 Å². The standard InChI is InChI=1S/C13H19N3O.C13H17N3O.C12H16ClN3O.C12H14F3N3O.C12H17N3O.C11H14ClN3O.2C11H15N3O/c1-5-10(6-2)16-11-7-8(3)9(4)14-12(11)15-13(16)17;1-4-9-7-11-12(14-8-9)15-13(17)16(11)10(5-2)6-3;1-4-9(5-2)16-10-6-8(13)7-14-11(10)15-12(16)17-3;1-3-8(4-2)18-9-5-7(12(13,14)15)6-16-10(9)17-11(18)19;1-4-9(5-2)15-10-6-8(3)7-13-11(10)14-12(15)16;1-3-8(4-2)15-9-5-7(12)6-13-10(9)14-11(15)16;2*1-3-8(4-2)14-9-6-5-7-12-10(9)13-11(14)15/h7,10H,5-6H2,1-4H3,(H,14,15,17);4,7-8,10H,1,5-6H2,2-3H3,(H,14,15,17);6-7,9H,4-5H2,1-3H3;5-6,8H,3-4H2,1-2H3,(H,16,17,19);6-7,9H,4-5H2,1-3H3,(H,13,14,16);5-6,8H,3-4H2,1-2H3,(H,13,14,16);2*5-8H,3-4H2,1-2H3,(H,12,13,15). The number of rotatable bonds is 26. The van der Waals surface area contributed by atoms with E-state index in [-0.39, 0.29) is 87.6 Å². The van der Waals surface area contributed by atoms with Crippen molar-refractivity contribution in [1.82, 2.24) is 116 Å². The van der Waals surface area contributed by atoms with Gasteiger partial charge < -0.3 is 4.74 Å². The molecule has 16 heterocycles. The summed E-state index contributed by atoms with van der Waals surface area (Å²) in [6.45, 7) is 42.9. The van der Waals surface area contributed by atoms with Crippen molar-refractivity contribution < 1.29 is 17.9 Å². The summed E-state index contributed by atoms with van der Waals surface area (Å²) >= 11 is 11.9. The van der Waals surface area contributed by atoms with Crippen molar-refractivity contribution in [1.29, 1.82) is 0 Å². The average molecular weight is 1860 g/mol. The summed E-state index contributed by atoms with van der Waals surface area (Å²) in [5, 5.41) is 1.17. The van der Waals surface area contributed by atoms with E-state index in [2.05, 4.69) is 188 Å². The second-order valence-corrected chi connectivity index (χ2v) is 33.0. The Labute approximate surface area is 772 Å². The number of aryl methyl sites for hydroxylation is 3. The molecular formula is C95H127Cl2F3N24O8. The molecule has 0 aliphatic rings. The molecular weight excluding hydrogens is 1730 g/mol. The van der Waals surface area contributed by atoms with Crippen LogP contribution in [0, 0.1) is 20.8 Å². The molecule has 0 spiro atoms. The molecule has 16 rings (SSSR count). The number of nitrogens with zero attached hydrogens (tertiary/aromatic N) is 17. The van der Waals surface area contributed by atoms with Gasteiger partial charge in [0, 0.05) is 97.4 Å². The molecule has 7 N–H and O–H groups in total. The lowest BCUT2D eigenvalue weighted by Crippen LogP contribution is -2.21. The highest BCUT2D eigenvalue weighted by atomic mass is 35.5. The molecule has 0 saturated carbocycles. The molecule has 0 radical (unpaired) electrons. The van der Waals surface area contributed by atoms with E-state index in [1.807, 2.05) is 101 Å². The van der Waals surface area contributed by atoms with Crippen LogP contribution in [0.25, 0.3) is 95.4 Å². The molecule has 0 aliphatic carbocycles. The monoisotopic (exact) mass is 1860 g/mol. The van der Waals surface area contributed by atoms with E-state index in [0.717, 1.165) is 163 Å². The molecule has 32 nitrogen and oxygen atoms in total. The summed E-state index contributed by atoms with van der Waals surface area (Å²) in [6.07, 6.45) is 22.7. The number of fused-ring (bicyclic) bond motifs is 8. The van der Waals surface area contributed by atoms with Crippen molar-refractivity contribution >= 4 is 119 Å². The second-order valence-electron chi connectivity index (χ2n) is 32.2. The van der Waals surface area contributed by atoms with Gasteiger partial charge in [-0.25, -0.2) is 73.4 Å². The van der Waals surface area contributed by atoms with E-state index >= 15 is 0 Å². The maximum atomic E-state index is 12.7. The molecule has 0 atom stereocenters. The number of hydrogen-bond donors (Lipinski definition) is 7. The summed E-state index contributed by atoms with van der Waals surface area (Å²) in [7, 11) is 1.63. The van der Waals surface area contributed by atoms with E-state index in [9.17, 15) is 46.7 Å². The SMILES string of the molecule is C=Cc1cnc2[nH]c(=O)n(C(CC)CC)c2c1.CCC(CC)n1c(=O)[nH]c2nc(C)c(C)cc21.CCC(CC)n1c(=O)[nH]c2ncc(C(F)(F)F)cc21.CCC(CC)n1c(=O)[nH]c2ncc(C)cc21.CCC(CC)n1c(=O)[nH]c2ncc(Cl)cc21.CCC(CC)n1c(=O)[nH]c2ncccc21.CCC(CC)n1c(=O)[nH]c2ncccc21.CCC(CC)n1c(OC)nc2ncc(Cl)cc21. The number of aromatic amines is 7. The van der Waals surface area contributed by atoms with Gasteiger partial charge >= 0.3 is 46.0 Å². The predicted molar refractivity (Wildman–Crippen MR) is 523 cm³/mol. The zero-order valence-electron chi connectivity index (χ0n) is 79.3. The number of aromatic nitrogens is 24. The van der Waals surface area contributed by atoms with Crippen molar-refractivity contribution in [2.24, 2.45) is 0 Å². The Bertz CT molecular complexity index is 6730. The zero-order valence-corrected chi connectivity index (χ0v) is 80.8. The van der Waals surface area contributed by atoms with Gasteiger partial charge in [0.05, 0.1) is 66.9 Å². The highest BCUT2D eigenvalue weighted by molar-refractivity contribution is 6.31. The Morgan fingerprint density at radius 1 is 0.356 bits per heavy atom. The normalized spacial score (nSPS) is 11.6. The van der Waals surface area contributed by atoms with Crippen molar-refractivity contribution in [3.05, 3.63) is 222 Å². The molecule has 16 aromatic rings. The molecule has 0 amide bonds. The van der Waals surface area contributed by atoms with Crippen molar-refractivity contribution in [3.63, 3.8) is 0 Å².